The Morgan fingerprint density at radius 1 is 1.20 bits per heavy atom. The van der Waals surface area contributed by atoms with E-state index >= 15 is 0 Å². The molecular formula is C11H8FNOS. The zero-order valence-electron chi connectivity index (χ0n) is 7.76. The van der Waals surface area contributed by atoms with E-state index in [0.717, 1.165) is 0 Å². The Morgan fingerprint density at radius 3 is 2.60 bits per heavy atom. The minimum absolute atomic E-state index is 0.273. The van der Waals surface area contributed by atoms with Crippen LogP contribution in [0.3, 0.4) is 0 Å². The van der Waals surface area contributed by atoms with Crippen molar-refractivity contribution in [2.24, 2.45) is 0 Å². The van der Waals surface area contributed by atoms with E-state index in [2.05, 4.69) is 0 Å². The number of hydrogen-bond acceptors (Lipinski definition) is 2. The summed E-state index contributed by atoms with van der Waals surface area (Å²) in [5.74, 6) is -0.405. The van der Waals surface area contributed by atoms with Gasteiger partial charge in [-0.1, -0.05) is 12.1 Å². The first-order valence-electron chi connectivity index (χ1n) is 4.35. The Labute approximate surface area is 90.6 Å². The normalized spacial score (nSPS) is 9.93. The SMILES string of the molecule is O=CN(c1cccs1)c1ccccc1F. The lowest BCUT2D eigenvalue weighted by Gasteiger charge is -2.15. The fourth-order valence-electron chi connectivity index (χ4n) is 1.28. The van der Waals surface area contributed by atoms with Crippen LogP contribution < -0.4 is 4.90 Å². The molecular weight excluding hydrogens is 213 g/mol. The highest BCUT2D eigenvalue weighted by atomic mass is 32.1. The first-order valence-corrected chi connectivity index (χ1v) is 5.23. The molecule has 0 bridgehead atoms. The van der Waals surface area contributed by atoms with Gasteiger partial charge in [-0.05, 0) is 29.6 Å². The number of benzene rings is 1. The van der Waals surface area contributed by atoms with Crippen LogP contribution in [0.2, 0.25) is 0 Å². The van der Waals surface area contributed by atoms with Gasteiger partial charge in [0.1, 0.15) is 10.8 Å². The van der Waals surface area contributed by atoms with Gasteiger partial charge in [-0.3, -0.25) is 9.69 Å². The first-order chi connectivity index (χ1) is 7.33. The van der Waals surface area contributed by atoms with E-state index in [1.165, 1.54) is 22.3 Å². The number of anilines is 2. The summed E-state index contributed by atoms with van der Waals surface area (Å²) in [7, 11) is 0. The van der Waals surface area contributed by atoms with E-state index in [0.29, 0.717) is 11.4 Å². The molecule has 76 valence electrons. The molecule has 2 nitrogen and oxygen atoms in total. The molecule has 0 atom stereocenters. The Hall–Kier alpha value is -1.68. The molecule has 0 aliphatic rings. The third-order valence-corrected chi connectivity index (χ3v) is 2.83. The number of carbonyl (C=O) groups is 1. The van der Waals surface area contributed by atoms with Crippen LogP contribution in [0.4, 0.5) is 15.1 Å². The summed E-state index contributed by atoms with van der Waals surface area (Å²) in [6.07, 6.45) is 0.615. The topological polar surface area (TPSA) is 20.3 Å². The molecule has 0 saturated heterocycles. The highest BCUT2D eigenvalue weighted by molar-refractivity contribution is 7.14. The number of hydrogen-bond donors (Lipinski definition) is 0. The number of rotatable bonds is 3. The summed E-state index contributed by atoms with van der Waals surface area (Å²) in [6.45, 7) is 0. The molecule has 4 heteroatoms. The van der Waals surface area contributed by atoms with Gasteiger partial charge in [0, 0.05) is 0 Å². The van der Waals surface area contributed by atoms with Crippen molar-refractivity contribution in [3.05, 3.63) is 47.6 Å². The zero-order valence-corrected chi connectivity index (χ0v) is 8.58. The minimum Gasteiger partial charge on any atom is -0.278 e. The van der Waals surface area contributed by atoms with Gasteiger partial charge in [0.25, 0.3) is 0 Å². The van der Waals surface area contributed by atoms with Crippen LogP contribution in [0, 0.1) is 5.82 Å². The number of nitrogens with zero attached hydrogens (tertiary/aromatic N) is 1. The van der Waals surface area contributed by atoms with E-state index in [-0.39, 0.29) is 5.69 Å². The van der Waals surface area contributed by atoms with Crippen molar-refractivity contribution in [3.63, 3.8) is 0 Å². The minimum atomic E-state index is -0.405. The summed E-state index contributed by atoms with van der Waals surface area (Å²) in [4.78, 5) is 12.2. The van der Waals surface area contributed by atoms with Gasteiger partial charge in [0.15, 0.2) is 0 Å². The standard InChI is InChI=1S/C11H8FNOS/c12-9-4-1-2-5-10(9)13(8-14)11-6-3-7-15-11/h1-8H. The van der Waals surface area contributed by atoms with E-state index in [4.69, 9.17) is 0 Å². The summed E-state index contributed by atoms with van der Waals surface area (Å²) >= 11 is 1.39. The summed E-state index contributed by atoms with van der Waals surface area (Å²) in [5.41, 5.74) is 0.273. The van der Waals surface area contributed by atoms with Crippen LogP contribution in [0.1, 0.15) is 0 Å². The summed E-state index contributed by atoms with van der Waals surface area (Å²) < 4.78 is 13.4. The second-order valence-corrected chi connectivity index (χ2v) is 3.80. The molecule has 0 radical (unpaired) electrons. The van der Waals surface area contributed by atoms with Crippen molar-refractivity contribution >= 4 is 28.4 Å². The maximum absolute atomic E-state index is 13.4. The molecule has 1 aromatic heterocycles. The molecule has 1 heterocycles. The molecule has 1 aromatic carbocycles. The van der Waals surface area contributed by atoms with E-state index in [9.17, 15) is 9.18 Å². The van der Waals surface area contributed by atoms with Crippen molar-refractivity contribution in [3.8, 4) is 0 Å². The fraction of sp³-hybridized carbons (Fsp3) is 0. The molecule has 0 N–H and O–H groups in total. The monoisotopic (exact) mass is 221 g/mol. The van der Waals surface area contributed by atoms with Gasteiger partial charge in [-0.25, -0.2) is 4.39 Å². The van der Waals surface area contributed by atoms with E-state index in [1.54, 1.807) is 24.3 Å². The first kappa shape index (κ1) is 9.86. The summed E-state index contributed by atoms with van der Waals surface area (Å²) in [5, 5.41) is 2.54. The Kier molecular flexibility index (Phi) is 2.78. The van der Waals surface area contributed by atoms with Crippen molar-refractivity contribution in [2.75, 3.05) is 4.90 Å². The number of carbonyl (C=O) groups excluding carboxylic acids is 1. The predicted molar refractivity (Wildman–Crippen MR) is 58.9 cm³/mol. The van der Waals surface area contributed by atoms with Gasteiger partial charge >= 0.3 is 0 Å². The zero-order chi connectivity index (χ0) is 10.7. The maximum Gasteiger partial charge on any atom is 0.219 e. The van der Waals surface area contributed by atoms with Crippen molar-refractivity contribution in [2.45, 2.75) is 0 Å². The molecule has 2 aromatic rings. The van der Waals surface area contributed by atoms with Crippen molar-refractivity contribution in [1.29, 1.82) is 0 Å². The number of thiophene rings is 1. The number of halogens is 1. The second-order valence-electron chi connectivity index (χ2n) is 2.88. The van der Waals surface area contributed by atoms with Crippen LogP contribution in [-0.2, 0) is 4.79 Å². The number of amides is 1. The van der Waals surface area contributed by atoms with Crippen molar-refractivity contribution in [1.82, 2.24) is 0 Å². The van der Waals surface area contributed by atoms with Gasteiger partial charge in [-0.2, -0.15) is 0 Å². The van der Waals surface area contributed by atoms with Gasteiger partial charge < -0.3 is 0 Å². The summed E-state index contributed by atoms with van der Waals surface area (Å²) in [6, 6.07) is 9.78. The number of para-hydroxylation sites is 1. The van der Waals surface area contributed by atoms with Gasteiger partial charge in [-0.15, -0.1) is 11.3 Å². The fourth-order valence-corrected chi connectivity index (χ4v) is 1.99. The molecule has 0 spiro atoms. The molecule has 0 aliphatic carbocycles. The third kappa shape index (κ3) is 1.89. The van der Waals surface area contributed by atoms with E-state index < -0.39 is 5.82 Å². The van der Waals surface area contributed by atoms with Crippen molar-refractivity contribution < 1.29 is 9.18 Å². The maximum atomic E-state index is 13.4. The highest BCUT2D eigenvalue weighted by Gasteiger charge is 2.12. The van der Waals surface area contributed by atoms with Gasteiger partial charge in [0.05, 0.1) is 5.69 Å². The molecule has 0 aliphatic heterocycles. The largest absolute Gasteiger partial charge is 0.278 e. The lowest BCUT2D eigenvalue weighted by molar-refractivity contribution is -0.106. The van der Waals surface area contributed by atoms with Crippen LogP contribution in [-0.4, -0.2) is 6.41 Å². The van der Waals surface area contributed by atoms with Crippen LogP contribution >= 0.6 is 11.3 Å². The van der Waals surface area contributed by atoms with Crippen LogP contribution in [0.5, 0.6) is 0 Å². The molecule has 0 fully saturated rings. The second kappa shape index (κ2) is 4.23. The van der Waals surface area contributed by atoms with Gasteiger partial charge in [0.2, 0.25) is 6.41 Å². The lowest BCUT2D eigenvalue weighted by atomic mass is 10.3. The van der Waals surface area contributed by atoms with Crippen LogP contribution in [0.25, 0.3) is 0 Å². The molecule has 0 unspecified atom stereocenters. The Balaban J connectivity index is 2.44. The smallest absolute Gasteiger partial charge is 0.219 e. The highest BCUT2D eigenvalue weighted by Crippen LogP contribution is 2.29. The molecule has 0 saturated carbocycles. The Bertz CT molecular complexity index is 455. The average molecular weight is 221 g/mol. The van der Waals surface area contributed by atoms with Crippen LogP contribution in [0.15, 0.2) is 41.8 Å². The quantitative estimate of drug-likeness (QED) is 0.729. The van der Waals surface area contributed by atoms with E-state index in [1.807, 2.05) is 11.4 Å². The predicted octanol–water partition coefficient (Wildman–Crippen LogP) is 3.18. The average Bonchev–Trinajstić information content (AvgIpc) is 2.75. The lowest BCUT2D eigenvalue weighted by Crippen LogP contribution is -2.13. The molecule has 15 heavy (non-hydrogen) atoms. The third-order valence-electron chi connectivity index (χ3n) is 1.96. The Morgan fingerprint density at radius 2 is 2.00 bits per heavy atom. The molecule has 1 amide bonds. The molecule has 2 rings (SSSR count).